The average Bonchev–Trinajstić information content (AvgIpc) is 2.62. The number of ether oxygens (including phenoxy) is 1. The van der Waals surface area contributed by atoms with E-state index in [1.165, 1.54) is 24.5 Å². The summed E-state index contributed by atoms with van der Waals surface area (Å²) in [5.74, 6) is -1.21. The Morgan fingerprint density at radius 2 is 1.96 bits per heavy atom. The Kier molecular flexibility index (Phi) is 4.29. The van der Waals surface area contributed by atoms with Gasteiger partial charge < -0.3 is 14.7 Å². The Morgan fingerprint density at radius 3 is 2.70 bits per heavy atom. The fourth-order valence-corrected chi connectivity index (χ4v) is 2.35. The van der Waals surface area contributed by atoms with E-state index in [4.69, 9.17) is 9.84 Å². The third kappa shape index (κ3) is 3.35. The number of benzene rings is 1. The summed E-state index contributed by atoms with van der Waals surface area (Å²) in [4.78, 5) is 33.6. The topological polar surface area (TPSA) is 92.6 Å². The number of aromatic nitrogens is 2. The van der Waals surface area contributed by atoms with E-state index >= 15 is 0 Å². The highest BCUT2D eigenvalue weighted by Gasteiger charge is 2.20. The molecule has 1 fully saturated rings. The van der Waals surface area contributed by atoms with Crippen molar-refractivity contribution >= 4 is 11.9 Å². The molecule has 0 saturated carbocycles. The van der Waals surface area contributed by atoms with Crippen molar-refractivity contribution in [2.45, 2.75) is 0 Å². The van der Waals surface area contributed by atoms with Gasteiger partial charge in [-0.3, -0.25) is 9.78 Å². The third-order valence-electron chi connectivity index (χ3n) is 3.56. The van der Waals surface area contributed by atoms with Gasteiger partial charge in [0, 0.05) is 18.7 Å². The van der Waals surface area contributed by atoms with Crippen molar-refractivity contribution in [3.8, 4) is 11.3 Å². The van der Waals surface area contributed by atoms with E-state index in [-0.39, 0.29) is 17.2 Å². The second-order valence-electron chi connectivity index (χ2n) is 5.08. The number of carbonyl (C=O) groups is 2. The lowest BCUT2D eigenvalue weighted by Gasteiger charge is -2.26. The molecule has 1 aromatic carbocycles. The predicted octanol–water partition coefficient (Wildman–Crippen LogP) is 1.31. The Hall–Kier alpha value is -2.80. The molecule has 0 spiro atoms. The molecule has 0 unspecified atom stereocenters. The third-order valence-corrected chi connectivity index (χ3v) is 3.56. The van der Waals surface area contributed by atoms with Crippen LogP contribution in [0.2, 0.25) is 0 Å². The number of hydrogen-bond donors (Lipinski definition) is 1. The Labute approximate surface area is 132 Å². The van der Waals surface area contributed by atoms with Crippen molar-refractivity contribution in [1.29, 1.82) is 0 Å². The highest BCUT2D eigenvalue weighted by molar-refractivity contribution is 5.93. The molecule has 7 heteroatoms. The zero-order chi connectivity index (χ0) is 16.2. The minimum absolute atomic E-state index is 0.161. The number of aromatic carboxylic acids is 1. The quantitative estimate of drug-likeness (QED) is 0.918. The van der Waals surface area contributed by atoms with Crippen molar-refractivity contribution < 1.29 is 19.4 Å². The first-order chi connectivity index (χ1) is 11.1. The van der Waals surface area contributed by atoms with Gasteiger partial charge in [0.2, 0.25) is 0 Å². The van der Waals surface area contributed by atoms with Crippen LogP contribution in [0.4, 0.5) is 0 Å². The molecule has 118 valence electrons. The summed E-state index contributed by atoms with van der Waals surface area (Å²) < 4.78 is 5.23. The summed E-state index contributed by atoms with van der Waals surface area (Å²) in [7, 11) is 0. The summed E-state index contributed by atoms with van der Waals surface area (Å²) >= 11 is 0. The second-order valence-corrected chi connectivity index (χ2v) is 5.08. The van der Waals surface area contributed by atoms with Crippen LogP contribution >= 0.6 is 0 Å². The normalized spacial score (nSPS) is 14.5. The first-order valence-electron chi connectivity index (χ1n) is 7.18. The number of carboxylic acid groups (broad SMARTS) is 1. The molecule has 7 nitrogen and oxygen atoms in total. The van der Waals surface area contributed by atoms with E-state index < -0.39 is 5.97 Å². The molecule has 1 saturated heterocycles. The average molecular weight is 313 g/mol. The van der Waals surface area contributed by atoms with Crippen LogP contribution < -0.4 is 0 Å². The summed E-state index contributed by atoms with van der Waals surface area (Å²) in [6.07, 6.45) is 2.93. The Bertz CT molecular complexity index is 742. The zero-order valence-corrected chi connectivity index (χ0v) is 12.3. The minimum Gasteiger partial charge on any atom is -0.478 e. The Balaban J connectivity index is 1.89. The second kappa shape index (κ2) is 6.53. The number of morpholine rings is 1. The maximum atomic E-state index is 12.4. The van der Waals surface area contributed by atoms with Gasteiger partial charge >= 0.3 is 5.97 Å². The largest absolute Gasteiger partial charge is 0.478 e. The van der Waals surface area contributed by atoms with Crippen LogP contribution in [-0.2, 0) is 4.74 Å². The van der Waals surface area contributed by atoms with Crippen LogP contribution in [0.25, 0.3) is 11.3 Å². The van der Waals surface area contributed by atoms with Crippen molar-refractivity contribution in [2.24, 2.45) is 0 Å². The molecule has 1 aromatic heterocycles. The monoisotopic (exact) mass is 313 g/mol. The number of carboxylic acids is 1. The molecule has 3 rings (SSSR count). The Morgan fingerprint density at radius 1 is 1.17 bits per heavy atom. The van der Waals surface area contributed by atoms with Gasteiger partial charge in [0.1, 0.15) is 5.69 Å². The number of rotatable bonds is 3. The van der Waals surface area contributed by atoms with Gasteiger partial charge in [0.15, 0.2) is 0 Å². The standard InChI is InChI=1S/C16H15N3O4/c20-15(19-4-6-23-7-5-19)14-10-17-9-13(18-14)11-2-1-3-12(8-11)16(21)22/h1-3,8-10H,4-7H2,(H,21,22). The summed E-state index contributed by atoms with van der Waals surface area (Å²) in [5, 5.41) is 9.06. The van der Waals surface area contributed by atoms with Crippen molar-refractivity contribution in [3.63, 3.8) is 0 Å². The van der Waals surface area contributed by atoms with Crippen LogP contribution in [0, 0.1) is 0 Å². The van der Waals surface area contributed by atoms with E-state index in [2.05, 4.69) is 9.97 Å². The smallest absolute Gasteiger partial charge is 0.335 e. The van der Waals surface area contributed by atoms with E-state index in [1.54, 1.807) is 17.0 Å². The first kappa shape index (κ1) is 15.1. The molecule has 1 aliphatic heterocycles. The molecule has 0 aliphatic carbocycles. The van der Waals surface area contributed by atoms with Gasteiger partial charge in [0.25, 0.3) is 5.91 Å². The molecule has 23 heavy (non-hydrogen) atoms. The van der Waals surface area contributed by atoms with Gasteiger partial charge in [-0.05, 0) is 12.1 Å². The predicted molar refractivity (Wildman–Crippen MR) is 81.1 cm³/mol. The van der Waals surface area contributed by atoms with Crippen molar-refractivity contribution in [3.05, 3.63) is 47.9 Å². The lowest BCUT2D eigenvalue weighted by Crippen LogP contribution is -2.41. The molecule has 0 atom stereocenters. The maximum Gasteiger partial charge on any atom is 0.335 e. The van der Waals surface area contributed by atoms with E-state index in [9.17, 15) is 9.59 Å². The maximum absolute atomic E-state index is 12.4. The zero-order valence-electron chi connectivity index (χ0n) is 12.3. The molecular formula is C16H15N3O4. The molecule has 0 radical (unpaired) electrons. The van der Waals surface area contributed by atoms with Gasteiger partial charge in [0.05, 0.1) is 36.9 Å². The fourth-order valence-electron chi connectivity index (χ4n) is 2.35. The molecule has 2 aromatic rings. The molecule has 1 amide bonds. The lowest BCUT2D eigenvalue weighted by molar-refractivity contribution is 0.0298. The highest BCUT2D eigenvalue weighted by atomic mass is 16.5. The van der Waals surface area contributed by atoms with Crippen LogP contribution in [0.1, 0.15) is 20.8 Å². The number of nitrogens with zero attached hydrogens (tertiary/aromatic N) is 3. The van der Waals surface area contributed by atoms with Gasteiger partial charge in [-0.2, -0.15) is 0 Å². The van der Waals surface area contributed by atoms with Crippen LogP contribution in [0.3, 0.4) is 0 Å². The minimum atomic E-state index is -1.01. The number of carbonyl (C=O) groups excluding carboxylic acids is 1. The SMILES string of the molecule is O=C(O)c1cccc(-c2cncc(C(=O)N3CCOCC3)n2)c1. The van der Waals surface area contributed by atoms with Gasteiger partial charge in [-0.15, -0.1) is 0 Å². The number of hydrogen-bond acceptors (Lipinski definition) is 5. The molecule has 0 bridgehead atoms. The molecule has 1 aliphatic rings. The van der Waals surface area contributed by atoms with E-state index in [0.29, 0.717) is 37.6 Å². The molecular weight excluding hydrogens is 298 g/mol. The van der Waals surface area contributed by atoms with E-state index in [0.717, 1.165) is 0 Å². The summed E-state index contributed by atoms with van der Waals surface area (Å²) in [6.45, 7) is 2.08. The van der Waals surface area contributed by atoms with Crippen LogP contribution in [0.5, 0.6) is 0 Å². The highest BCUT2D eigenvalue weighted by Crippen LogP contribution is 2.18. The lowest BCUT2D eigenvalue weighted by atomic mass is 10.1. The van der Waals surface area contributed by atoms with Crippen molar-refractivity contribution in [2.75, 3.05) is 26.3 Å². The van der Waals surface area contributed by atoms with Gasteiger partial charge in [-0.25, -0.2) is 9.78 Å². The summed E-state index contributed by atoms with van der Waals surface area (Å²) in [6, 6.07) is 6.38. The van der Waals surface area contributed by atoms with Crippen molar-refractivity contribution in [1.82, 2.24) is 14.9 Å². The number of amides is 1. The first-order valence-corrected chi connectivity index (χ1v) is 7.18. The molecule has 1 N–H and O–H groups in total. The fraction of sp³-hybridized carbons (Fsp3) is 0.250. The molecule has 2 heterocycles. The van der Waals surface area contributed by atoms with Gasteiger partial charge in [-0.1, -0.05) is 12.1 Å². The van der Waals surface area contributed by atoms with Crippen LogP contribution in [0.15, 0.2) is 36.7 Å². The van der Waals surface area contributed by atoms with Crippen LogP contribution in [-0.4, -0.2) is 58.2 Å². The summed E-state index contributed by atoms with van der Waals surface area (Å²) in [5.41, 5.74) is 1.47. The van der Waals surface area contributed by atoms with E-state index in [1.807, 2.05) is 0 Å².